The van der Waals surface area contributed by atoms with Crippen molar-refractivity contribution in [1.82, 2.24) is 4.57 Å². The van der Waals surface area contributed by atoms with Crippen LogP contribution in [0.4, 0.5) is 0 Å². The molecule has 236 valence electrons. The SMILES string of the molecule is CC(C)(C)[Si](C)(C)Oc1ccc2cc(C(=O)c3ccc(Oc4ccccc4)cc3)n(C(=O)c3ccc(Oc4ccccc4)cc3)c2c1. The number of carbonyl (C=O) groups excluding carboxylic acids is 2. The highest BCUT2D eigenvalue weighted by molar-refractivity contribution is 6.74. The molecule has 0 amide bonds. The number of para-hydroxylation sites is 2. The molecule has 6 rings (SSSR count). The van der Waals surface area contributed by atoms with Gasteiger partial charge in [-0.25, -0.2) is 0 Å². The Morgan fingerprint density at radius 3 is 1.55 bits per heavy atom. The lowest BCUT2D eigenvalue weighted by molar-refractivity contribution is 0.0938. The Bertz CT molecular complexity index is 2030. The van der Waals surface area contributed by atoms with E-state index in [4.69, 9.17) is 13.9 Å². The van der Waals surface area contributed by atoms with Gasteiger partial charge in [0, 0.05) is 22.6 Å². The van der Waals surface area contributed by atoms with Gasteiger partial charge in [-0.05, 0) is 109 Å². The zero-order chi connectivity index (χ0) is 33.2. The first-order valence-corrected chi connectivity index (χ1v) is 18.5. The first-order chi connectivity index (χ1) is 22.5. The second-order valence-electron chi connectivity index (χ2n) is 13.0. The topological polar surface area (TPSA) is 66.8 Å². The molecule has 1 aromatic heterocycles. The maximum atomic E-state index is 14.3. The summed E-state index contributed by atoms with van der Waals surface area (Å²) >= 11 is 0. The quantitative estimate of drug-likeness (QED) is 0.116. The van der Waals surface area contributed by atoms with Crippen LogP contribution in [0.3, 0.4) is 0 Å². The highest BCUT2D eigenvalue weighted by atomic mass is 28.4. The summed E-state index contributed by atoms with van der Waals surface area (Å²) in [6.45, 7) is 10.9. The summed E-state index contributed by atoms with van der Waals surface area (Å²) in [5.41, 5.74) is 1.71. The van der Waals surface area contributed by atoms with E-state index >= 15 is 0 Å². The van der Waals surface area contributed by atoms with Gasteiger partial charge >= 0.3 is 0 Å². The summed E-state index contributed by atoms with van der Waals surface area (Å²) in [6.07, 6.45) is 0. The van der Waals surface area contributed by atoms with Gasteiger partial charge in [0.15, 0.2) is 0 Å². The zero-order valence-corrected chi connectivity index (χ0v) is 28.2. The standard InChI is InChI=1S/C40H37NO5Si/c1-40(2,3)47(4,5)46-35-25-20-30-26-37(38(42)28-16-21-33(22-17-28)44-31-12-8-6-9-13-31)41(36(30)27-35)39(43)29-18-23-34(24-19-29)45-32-14-10-7-11-15-32/h6-27H,1-5H3. The first kappa shape index (κ1) is 31.6. The molecule has 0 unspecified atom stereocenters. The van der Waals surface area contributed by atoms with Gasteiger partial charge in [-0.15, -0.1) is 0 Å². The molecule has 0 fully saturated rings. The van der Waals surface area contributed by atoms with E-state index in [0.29, 0.717) is 45.4 Å². The number of benzene rings is 5. The summed E-state index contributed by atoms with van der Waals surface area (Å²) in [4.78, 5) is 28.4. The first-order valence-electron chi connectivity index (χ1n) is 15.6. The zero-order valence-electron chi connectivity index (χ0n) is 27.2. The van der Waals surface area contributed by atoms with Crippen LogP contribution in [0.25, 0.3) is 10.9 Å². The van der Waals surface area contributed by atoms with Crippen molar-refractivity contribution in [2.75, 3.05) is 0 Å². The van der Waals surface area contributed by atoms with Gasteiger partial charge in [0.1, 0.15) is 28.7 Å². The molecule has 0 bridgehead atoms. The van der Waals surface area contributed by atoms with Crippen LogP contribution in [0.5, 0.6) is 28.7 Å². The number of fused-ring (bicyclic) bond motifs is 1. The Balaban J connectivity index is 1.37. The number of ketones is 1. The van der Waals surface area contributed by atoms with Crippen molar-refractivity contribution >= 4 is 30.9 Å². The van der Waals surface area contributed by atoms with Gasteiger partial charge in [0.25, 0.3) is 5.91 Å². The molecule has 1 heterocycles. The summed E-state index contributed by atoms with van der Waals surface area (Å²) < 4.78 is 20.0. The van der Waals surface area contributed by atoms with Gasteiger partial charge in [-0.1, -0.05) is 57.2 Å². The molecule has 6 nitrogen and oxygen atoms in total. The molecule has 0 spiro atoms. The average Bonchev–Trinajstić information content (AvgIpc) is 3.44. The van der Waals surface area contributed by atoms with Crippen molar-refractivity contribution in [3.05, 3.63) is 150 Å². The second-order valence-corrected chi connectivity index (χ2v) is 17.7. The van der Waals surface area contributed by atoms with E-state index < -0.39 is 8.32 Å². The Hall–Kier alpha value is -5.40. The Morgan fingerprint density at radius 2 is 1.04 bits per heavy atom. The largest absolute Gasteiger partial charge is 0.543 e. The third kappa shape index (κ3) is 6.90. The Kier molecular flexibility index (Phi) is 8.58. The van der Waals surface area contributed by atoms with E-state index in [1.807, 2.05) is 78.9 Å². The van der Waals surface area contributed by atoms with Crippen molar-refractivity contribution in [2.45, 2.75) is 38.9 Å². The van der Waals surface area contributed by atoms with Gasteiger partial charge in [0.2, 0.25) is 14.1 Å². The Labute approximate surface area is 276 Å². The number of hydrogen-bond donors (Lipinski definition) is 0. The fraction of sp³-hybridized carbons (Fsp3) is 0.150. The molecule has 7 heteroatoms. The van der Waals surface area contributed by atoms with Crippen LogP contribution in [0.15, 0.2) is 133 Å². The van der Waals surface area contributed by atoms with Crippen LogP contribution >= 0.6 is 0 Å². The molecule has 0 aliphatic carbocycles. The van der Waals surface area contributed by atoms with Crippen LogP contribution in [0, 0.1) is 0 Å². The highest BCUT2D eigenvalue weighted by Gasteiger charge is 2.39. The normalized spacial score (nSPS) is 11.7. The fourth-order valence-electron chi connectivity index (χ4n) is 4.94. The third-order valence-electron chi connectivity index (χ3n) is 8.57. The van der Waals surface area contributed by atoms with E-state index in [0.717, 1.165) is 5.39 Å². The fourth-order valence-corrected chi connectivity index (χ4v) is 5.97. The van der Waals surface area contributed by atoms with Crippen molar-refractivity contribution < 1.29 is 23.5 Å². The molecule has 47 heavy (non-hydrogen) atoms. The number of carbonyl (C=O) groups is 2. The number of aromatic nitrogens is 1. The molecule has 0 N–H and O–H groups in total. The van der Waals surface area contributed by atoms with E-state index in [2.05, 4.69) is 33.9 Å². The van der Waals surface area contributed by atoms with Crippen LogP contribution in [-0.2, 0) is 0 Å². The summed E-state index contributed by atoms with van der Waals surface area (Å²) in [5, 5.41) is 0.748. The third-order valence-corrected chi connectivity index (χ3v) is 12.9. The lowest BCUT2D eigenvalue weighted by Crippen LogP contribution is -2.43. The number of nitrogens with zero attached hydrogens (tertiary/aromatic N) is 1. The molecule has 0 aliphatic rings. The maximum Gasteiger partial charge on any atom is 0.262 e. The minimum Gasteiger partial charge on any atom is -0.543 e. The number of hydrogen-bond acceptors (Lipinski definition) is 5. The predicted molar refractivity (Wildman–Crippen MR) is 189 cm³/mol. The molecule has 0 aliphatic heterocycles. The molecule has 0 saturated heterocycles. The van der Waals surface area contributed by atoms with Crippen molar-refractivity contribution in [2.24, 2.45) is 0 Å². The summed E-state index contributed by atoms with van der Waals surface area (Å²) in [5.74, 6) is 2.67. The highest BCUT2D eigenvalue weighted by Crippen LogP contribution is 2.38. The lowest BCUT2D eigenvalue weighted by Gasteiger charge is -2.36. The Morgan fingerprint density at radius 1 is 0.574 bits per heavy atom. The molecule has 0 saturated carbocycles. The van der Waals surface area contributed by atoms with Crippen molar-refractivity contribution in [1.29, 1.82) is 0 Å². The van der Waals surface area contributed by atoms with E-state index in [9.17, 15) is 9.59 Å². The van der Waals surface area contributed by atoms with Gasteiger partial charge in [0.05, 0.1) is 11.2 Å². The molecular formula is C40H37NO5Si. The smallest absolute Gasteiger partial charge is 0.262 e. The number of rotatable bonds is 9. The minimum absolute atomic E-state index is 0.0130. The van der Waals surface area contributed by atoms with Gasteiger partial charge in [-0.3, -0.25) is 14.2 Å². The lowest BCUT2D eigenvalue weighted by atomic mass is 10.1. The van der Waals surface area contributed by atoms with Crippen LogP contribution in [0.2, 0.25) is 18.1 Å². The molecule has 5 aromatic carbocycles. The van der Waals surface area contributed by atoms with Crippen molar-refractivity contribution in [3.63, 3.8) is 0 Å². The average molecular weight is 640 g/mol. The minimum atomic E-state index is -2.17. The van der Waals surface area contributed by atoms with Gasteiger partial charge < -0.3 is 13.9 Å². The summed E-state index contributed by atoms with van der Waals surface area (Å²) in [7, 11) is -2.17. The molecule has 0 radical (unpaired) electrons. The second kappa shape index (κ2) is 12.8. The van der Waals surface area contributed by atoms with Crippen LogP contribution in [-0.4, -0.2) is 24.6 Å². The van der Waals surface area contributed by atoms with Crippen LogP contribution < -0.4 is 13.9 Å². The monoisotopic (exact) mass is 639 g/mol. The molecule has 0 atom stereocenters. The molecular weight excluding hydrogens is 603 g/mol. The molecule has 6 aromatic rings. The van der Waals surface area contributed by atoms with Gasteiger partial charge in [-0.2, -0.15) is 0 Å². The van der Waals surface area contributed by atoms with E-state index in [-0.39, 0.29) is 22.4 Å². The van der Waals surface area contributed by atoms with Crippen molar-refractivity contribution in [3.8, 4) is 28.7 Å². The van der Waals surface area contributed by atoms with E-state index in [1.165, 1.54) is 4.57 Å². The van der Waals surface area contributed by atoms with E-state index in [1.54, 1.807) is 54.6 Å². The predicted octanol–water partition coefficient (Wildman–Crippen LogP) is 10.5. The number of ether oxygens (including phenoxy) is 2. The van der Waals surface area contributed by atoms with Crippen LogP contribution in [0.1, 0.15) is 47.2 Å². The maximum absolute atomic E-state index is 14.3. The summed E-state index contributed by atoms with van der Waals surface area (Å²) in [6, 6.07) is 40.3.